The number of ether oxygens (including phenoxy) is 5. The lowest BCUT2D eigenvalue weighted by molar-refractivity contribution is 0.0358. The molecule has 4 aromatic carbocycles. The van der Waals surface area contributed by atoms with Gasteiger partial charge in [-0.15, -0.1) is 34.0 Å². The molecule has 0 amide bonds. The average molecular weight is 1320 g/mol. The predicted molar refractivity (Wildman–Crippen MR) is 388 cm³/mol. The minimum Gasteiger partial charge on any atom is -0.494 e. The predicted octanol–water partition coefficient (Wildman–Crippen LogP) is 13.0. The van der Waals surface area contributed by atoms with Gasteiger partial charge in [0.1, 0.15) is 11.4 Å². The number of benzene rings is 4. The highest BCUT2D eigenvalue weighted by molar-refractivity contribution is 7.14. The van der Waals surface area contributed by atoms with Crippen molar-refractivity contribution in [2.45, 2.75) is 75.7 Å². The number of rotatable bonds is 11. The lowest BCUT2D eigenvalue weighted by Gasteiger charge is -2.26. The molecule has 24 heteroatoms. The maximum atomic E-state index is 5.73. The van der Waals surface area contributed by atoms with Crippen LogP contribution in [-0.4, -0.2) is 128 Å². The van der Waals surface area contributed by atoms with Crippen molar-refractivity contribution in [1.29, 1.82) is 0 Å². The van der Waals surface area contributed by atoms with Gasteiger partial charge < -0.3 is 74.1 Å². The average Bonchev–Trinajstić information content (AvgIpc) is 2.03. The number of aromatic nitrogens is 5. The Balaban J connectivity index is 0.000000225. The lowest BCUT2D eigenvalue weighted by atomic mass is 10.1. The molecular weight excluding hydrogens is 1220 g/mol. The molecule has 6 aromatic heterocycles. The number of nitrogen functional groups attached to an aromatic ring is 7. The summed E-state index contributed by atoms with van der Waals surface area (Å²) < 4.78 is 30.7. The minimum absolute atomic E-state index is 0.361. The van der Waals surface area contributed by atoms with E-state index < -0.39 is 0 Å². The third kappa shape index (κ3) is 28.8. The van der Waals surface area contributed by atoms with Crippen molar-refractivity contribution in [3.8, 4) is 17.2 Å². The molecule has 0 spiro atoms. The number of fused-ring (bicyclic) bond motifs is 1. The number of nitrogens with zero attached hydrogens (tertiary/aromatic N) is 5. The molecule has 0 saturated carbocycles. The van der Waals surface area contributed by atoms with Crippen LogP contribution >= 0.6 is 34.0 Å². The Hall–Kier alpha value is -8.49. The number of hydrogen-bond acceptors (Lipinski definition) is 22. The Morgan fingerprint density at radius 2 is 1.18 bits per heavy atom. The van der Waals surface area contributed by atoms with E-state index in [1.165, 1.54) is 43.8 Å². The number of nitrogens with one attached hydrogen (secondary N) is 3. The smallest absolute Gasteiger partial charge is 0.191 e. The molecule has 0 radical (unpaired) electrons. The second-order valence-electron chi connectivity index (χ2n) is 21.6. The van der Waals surface area contributed by atoms with Gasteiger partial charge in [-0.1, -0.05) is 40.5 Å². The molecule has 92 heavy (non-hydrogen) atoms. The van der Waals surface area contributed by atoms with Crippen LogP contribution in [-0.2, 0) is 9.47 Å². The molecule has 21 nitrogen and oxygen atoms in total. The first-order valence-electron chi connectivity index (χ1n) is 30.2. The van der Waals surface area contributed by atoms with Crippen molar-refractivity contribution in [1.82, 2.24) is 35.3 Å². The van der Waals surface area contributed by atoms with E-state index in [0.717, 1.165) is 141 Å². The Labute approximate surface area is 555 Å². The first-order valence-corrected chi connectivity index (χ1v) is 32.9. The summed E-state index contributed by atoms with van der Waals surface area (Å²) in [5.74, 6) is 2.71. The van der Waals surface area contributed by atoms with Gasteiger partial charge >= 0.3 is 0 Å². The number of H-pyrrole nitrogens is 2. The third-order valence-electron chi connectivity index (χ3n) is 14.2. The van der Waals surface area contributed by atoms with Gasteiger partial charge in [-0.2, -0.15) is 5.10 Å². The van der Waals surface area contributed by atoms with Crippen molar-refractivity contribution in [3.05, 3.63) is 174 Å². The molecule has 10 aromatic rings. The van der Waals surface area contributed by atoms with Crippen LogP contribution in [0.2, 0.25) is 0 Å². The Morgan fingerprint density at radius 3 is 1.61 bits per heavy atom. The quantitative estimate of drug-likeness (QED) is 0.0425. The number of hydrogen-bond donors (Lipinski definition) is 10. The summed E-state index contributed by atoms with van der Waals surface area (Å²) in [6.45, 7) is 31.6. The van der Waals surface area contributed by atoms with Crippen LogP contribution in [0.1, 0.15) is 61.6 Å². The zero-order valence-corrected chi connectivity index (χ0v) is 58.1. The van der Waals surface area contributed by atoms with E-state index in [2.05, 4.69) is 107 Å². The van der Waals surface area contributed by atoms with Crippen molar-refractivity contribution in [2.75, 3.05) is 139 Å². The first-order chi connectivity index (χ1) is 44.1. The zero-order chi connectivity index (χ0) is 67.4. The Bertz CT molecular complexity index is 3280. The second-order valence-corrected chi connectivity index (χ2v) is 24.4. The van der Waals surface area contributed by atoms with Crippen LogP contribution in [0.25, 0.3) is 10.9 Å². The number of aromatic amines is 2. The largest absolute Gasteiger partial charge is 0.494 e. The highest BCUT2D eigenvalue weighted by Crippen LogP contribution is 2.31. The van der Waals surface area contributed by atoms with Gasteiger partial charge in [0.25, 0.3) is 0 Å². The highest BCUT2D eigenvalue weighted by atomic mass is 32.1. The molecule has 500 valence electrons. The minimum atomic E-state index is 0.361. The highest BCUT2D eigenvalue weighted by Gasteiger charge is 2.11. The third-order valence-corrected chi connectivity index (χ3v) is 17.0. The van der Waals surface area contributed by atoms with Gasteiger partial charge in [-0.25, -0.2) is 4.63 Å². The summed E-state index contributed by atoms with van der Waals surface area (Å²) in [5.41, 5.74) is 54.8. The molecule has 17 N–H and O–H groups in total. The fourth-order valence-corrected chi connectivity index (χ4v) is 10.1. The molecule has 0 aliphatic carbocycles. The van der Waals surface area contributed by atoms with Gasteiger partial charge in [0, 0.05) is 102 Å². The van der Waals surface area contributed by atoms with Crippen molar-refractivity contribution < 1.29 is 28.3 Å². The van der Waals surface area contributed by atoms with Crippen molar-refractivity contribution in [2.24, 2.45) is 0 Å². The van der Waals surface area contributed by atoms with Gasteiger partial charge in [0.2, 0.25) is 0 Å². The fraction of sp³-hybridized carbons (Fsp3) is 0.368. The van der Waals surface area contributed by atoms with E-state index in [9.17, 15) is 0 Å². The normalized spacial score (nSPS) is 12.3. The van der Waals surface area contributed by atoms with Crippen LogP contribution in [0.15, 0.2) is 123 Å². The number of aryl methyl sites for hydroxylation is 10. The fourth-order valence-electron chi connectivity index (χ4n) is 7.95. The van der Waals surface area contributed by atoms with E-state index in [0.29, 0.717) is 28.7 Å². The molecule has 2 saturated heterocycles. The molecule has 0 unspecified atom stereocenters. The molecule has 2 fully saturated rings. The molecule has 8 heterocycles. The maximum Gasteiger partial charge on any atom is 0.191 e. The molecular formula is C68H99N15O6S3. The van der Waals surface area contributed by atoms with E-state index in [1.807, 2.05) is 107 Å². The number of methoxy groups -OCH3 is 2. The van der Waals surface area contributed by atoms with Gasteiger partial charge in [-0.05, 0) is 185 Å². The van der Waals surface area contributed by atoms with Crippen LogP contribution < -0.4 is 59.7 Å². The molecule has 2 aliphatic heterocycles. The lowest BCUT2D eigenvalue weighted by Crippen LogP contribution is -2.38. The molecule has 2 aliphatic rings. The number of nitrogens with two attached hydrogens (primary N) is 7. The van der Waals surface area contributed by atoms with E-state index >= 15 is 0 Å². The topological polar surface area (TPSA) is 330 Å². The summed E-state index contributed by atoms with van der Waals surface area (Å²) in [5, 5.41) is 26.7. The SMILES string of the molecule is COc1cc(C)c(N)cc1OC.Cc1[nH]ncc1N.Cc1cc2cc[nH]c2cc1N.Cc1ccc(NCCN2CCOCC2)cc1.Cc1ccc(OCCCN2CCOCC2)cc1.Cc1ccsc1N.Cc1csc(C)c1N.Cc1cscc1N.Cc1nonc1N. The Kier molecular flexibility index (Phi) is 34.5. The van der Waals surface area contributed by atoms with Crippen LogP contribution in [0, 0.1) is 69.2 Å². The summed E-state index contributed by atoms with van der Waals surface area (Å²) in [4.78, 5) is 9.20. The summed E-state index contributed by atoms with van der Waals surface area (Å²) in [6, 6.07) is 28.5. The first kappa shape index (κ1) is 76.0. The molecule has 0 bridgehead atoms. The standard InChI is InChI=1S/C14H21NO2.C13H20N2O.C9H10N2.C9H13NO2.C6H9NS.2C5H7NS.C4H7N3.C3H5N3O/c1-13-3-5-14(6-4-13)17-10-2-7-15-8-11-16-12-9-15;1-12-2-4-13(5-3-12)14-6-7-15-8-10-16-11-9-15;1-6-4-7-2-3-11-9(7)5-8(6)10;1-6-4-8(11-2)9(12-3)5-7(6)10;1-4-3-8-5(2)6(4)7;1-4-2-7-3-5(4)6;1-4-2-3-7-5(4)6;1-3-4(5)2-6-7-3;1-2-3(4)6-7-5-2/h3-6H,2,7-12H2,1H3;2-5,14H,6-11H2,1H3;2-5,11H,10H2,1H3;4-5H,10H2,1-3H3;3H,7H2,1-2H3;2*2-3H,6H2,1H3;2H,5H2,1H3,(H,6,7);1H3,(H2,4,6). The van der Waals surface area contributed by atoms with Crippen LogP contribution in [0.4, 0.5) is 44.9 Å². The second kappa shape index (κ2) is 41.8. The number of thiophene rings is 3. The molecule has 12 rings (SSSR count). The number of morpholine rings is 2. The van der Waals surface area contributed by atoms with Crippen molar-refractivity contribution in [3.63, 3.8) is 0 Å². The summed E-state index contributed by atoms with van der Waals surface area (Å²) in [7, 11) is 3.19. The monoisotopic (exact) mass is 1320 g/mol. The van der Waals surface area contributed by atoms with E-state index in [4.69, 9.17) is 63.8 Å². The maximum absolute atomic E-state index is 5.73. The van der Waals surface area contributed by atoms with Crippen molar-refractivity contribution >= 4 is 89.9 Å². The van der Waals surface area contributed by atoms with Gasteiger partial charge in [-0.3, -0.25) is 14.9 Å². The van der Waals surface area contributed by atoms with E-state index in [-0.39, 0.29) is 0 Å². The van der Waals surface area contributed by atoms with Gasteiger partial charge in [0.15, 0.2) is 17.3 Å². The van der Waals surface area contributed by atoms with E-state index in [1.54, 1.807) is 67.4 Å². The Morgan fingerprint density at radius 1 is 0.587 bits per heavy atom. The number of anilines is 8. The summed E-state index contributed by atoms with van der Waals surface area (Å²) >= 11 is 4.93. The van der Waals surface area contributed by atoms with Gasteiger partial charge in [0.05, 0.1) is 69.8 Å². The summed E-state index contributed by atoms with van der Waals surface area (Å²) in [6.07, 6.45) is 4.59. The zero-order valence-electron chi connectivity index (χ0n) is 55.7. The van der Waals surface area contributed by atoms with Crippen LogP contribution in [0.3, 0.4) is 0 Å². The molecule has 0 atom stereocenters. The van der Waals surface area contributed by atoms with Crippen LogP contribution in [0.5, 0.6) is 17.2 Å².